The third-order valence-electron chi connectivity index (χ3n) is 2.69. The van der Waals surface area contributed by atoms with Crippen LogP contribution >= 0.6 is 22.6 Å². The Kier molecular flexibility index (Phi) is 5.29. The fraction of sp³-hybridized carbons (Fsp3) is 0.385. The van der Waals surface area contributed by atoms with Gasteiger partial charge in [0.15, 0.2) is 0 Å². The smallest absolute Gasteiger partial charge is 0.261 e. The normalized spacial score (nSPS) is 11.1. The minimum atomic E-state index is -0.0288. The number of nitrogens with zero attached hydrogens (tertiary/aromatic N) is 2. The van der Waals surface area contributed by atoms with Gasteiger partial charge in [-0.2, -0.15) is 0 Å². The van der Waals surface area contributed by atoms with Gasteiger partial charge in [-0.15, -0.1) is 0 Å². The van der Waals surface area contributed by atoms with Crippen LogP contribution in [0.2, 0.25) is 0 Å². The first-order valence-electron chi connectivity index (χ1n) is 5.94. The average Bonchev–Trinajstić information content (AvgIpc) is 2.41. The molecule has 1 aromatic heterocycles. The Morgan fingerprint density at radius 1 is 1.32 bits per heavy atom. The van der Waals surface area contributed by atoms with Crippen molar-refractivity contribution >= 4 is 33.5 Å². The van der Waals surface area contributed by atoms with Gasteiger partial charge in [0.05, 0.1) is 43.6 Å². The van der Waals surface area contributed by atoms with Gasteiger partial charge in [0.1, 0.15) is 0 Å². The molecule has 0 bridgehead atoms. The van der Waals surface area contributed by atoms with Crippen LogP contribution in [0.3, 0.4) is 0 Å². The molecule has 2 rings (SSSR count). The molecular formula is C13H15IN2O3. The molecule has 19 heavy (non-hydrogen) atoms. The van der Waals surface area contributed by atoms with Crippen molar-refractivity contribution < 1.29 is 9.47 Å². The lowest BCUT2D eigenvalue weighted by Crippen LogP contribution is -2.23. The summed E-state index contributed by atoms with van der Waals surface area (Å²) in [4.78, 5) is 16.5. The summed E-state index contributed by atoms with van der Waals surface area (Å²) < 4.78 is 12.8. The number of aromatic nitrogens is 2. The Labute approximate surface area is 124 Å². The Bertz CT molecular complexity index is 612. The van der Waals surface area contributed by atoms with Crippen LogP contribution in [0.1, 0.15) is 0 Å². The maximum absolute atomic E-state index is 12.2. The number of hydrogen-bond acceptors (Lipinski definition) is 4. The van der Waals surface area contributed by atoms with Crippen LogP contribution in [-0.2, 0) is 16.0 Å². The molecule has 6 heteroatoms. The van der Waals surface area contributed by atoms with Crippen molar-refractivity contribution in [2.75, 3.05) is 26.9 Å². The molecule has 0 aliphatic rings. The van der Waals surface area contributed by atoms with Crippen molar-refractivity contribution in [3.63, 3.8) is 0 Å². The molecule has 0 radical (unpaired) electrons. The molecule has 0 saturated carbocycles. The molecule has 0 spiro atoms. The minimum absolute atomic E-state index is 0.0288. The Hall–Kier alpha value is -0.990. The predicted molar refractivity (Wildman–Crippen MR) is 81.4 cm³/mol. The van der Waals surface area contributed by atoms with Crippen molar-refractivity contribution in [1.29, 1.82) is 0 Å². The lowest BCUT2D eigenvalue weighted by Gasteiger charge is -2.07. The number of methoxy groups -OCH3 is 1. The van der Waals surface area contributed by atoms with Crippen LogP contribution in [0.25, 0.3) is 10.9 Å². The van der Waals surface area contributed by atoms with Gasteiger partial charge in [0.25, 0.3) is 5.56 Å². The summed E-state index contributed by atoms with van der Waals surface area (Å²) in [6, 6.07) is 5.65. The quantitative estimate of drug-likeness (QED) is 0.570. The number of halogens is 1. The molecule has 0 saturated heterocycles. The molecule has 0 atom stereocenters. The summed E-state index contributed by atoms with van der Waals surface area (Å²) in [6.45, 7) is 2.06. The fourth-order valence-corrected chi connectivity index (χ4v) is 2.19. The molecule has 0 N–H and O–H groups in total. The van der Waals surface area contributed by atoms with Crippen LogP contribution < -0.4 is 5.56 Å². The maximum atomic E-state index is 12.2. The minimum Gasteiger partial charge on any atom is -0.382 e. The van der Waals surface area contributed by atoms with E-state index in [2.05, 4.69) is 27.6 Å². The highest BCUT2D eigenvalue weighted by atomic mass is 127. The predicted octanol–water partition coefficient (Wildman–Crippen LogP) is 1.66. The summed E-state index contributed by atoms with van der Waals surface area (Å²) in [7, 11) is 1.63. The van der Waals surface area contributed by atoms with Gasteiger partial charge in [-0.3, -0.25) is 9.36 Å². The van der Waals surface area contributed by atoms with Crippen molar-refractivity contribution in [3.05, 3.63) is 38.5 Å². The van der Waals surface area contributed by atoms with E-state index in [-0.39, 0.29) is 5.56 Å². The van der Waals surface area contributed by atoms with Crippen LogP contribution in [0, 0.1) is 3.57 Å². The third-order valence-corrected chi connectivity index (χ3v) is 3.37. The van der Waals surface area contributed by atoms with Crippen molar-refractivity contribution in [2.45, 2.75) is 6.54 Å². The van der Waals surface area contributed by atoms with E-state index in [0.717, 1.165) is 9.09 Å². The van der Waals surface area contributed by atoms with E-state index in [1.165, 1.54) is 0 Å². The SMILES string of the molecule is COCCOCCn1cnc2ccc(I)cc2c1=O. The van der Waals surface area contributed by atoms with E-state index >= 15 is 0 Å². The van der Waals surface area contributed by atoms with E-state index in [0.29, 0.717) is 31.8 Å². The van der Waals surface area contributed by atoms with Crippen LogP contribution in [-0.4, -0.2) is 36.5 Å². The zero-order valence-corrected chi connectivity index (χ0v) is 12.8. The summed E-state index contributed by atoms with van der Waals surface area (Å²) in [5, 5.41) is 0.645. The highest BCUT2D eigenvalue weighted by Crippen LogP contribution is 2.11. The summed E-state index contributed by atoms with van der Waals surface area (Å²) in [5.74, 6) is 0. The van der Waals surface area contributed by atoms with E-state index in [1.54, 1.807) is 18.0 Å². The zero-order valence-electron chi connectivity index (χ0n) is 10.6. The maximum Gasteiger partial charge on any atom is 0.261 e. The highest BCUT2D eigenvalue weighted by molar-refractivity contribution is 14.1. The molecule has 0 aliphatic carbocycles. The second kappa shape index (κ2) is 6.97. The molecule has 2 aromatic rings. The van der Waals surface area contributed by atoms with Gasteiger partial charge in [0, 0.05) is 10.7 Å². The lowest BCUT2D eigenvalue weighted by molar-refractivity contribution is 0.0662. The first kappa shape index (κ1) is 14.4. The molecule has 1 heterocycles. The van der Waals surface area contributed by atoms with Crippen molar-refractivity contribution in [1.82, 2.24) is 9.55 Å². The van der Waals surface area contributed by atoms with Gasteiger partial charge >= 0.3 is 0 Å². The molecule has 0 fully saturated rings. The Balaban J connectivity index is 2.11. The van der Waals surface area contributed by atoms with E-state index in [9.17, 15) is 4.79 Å². The number of hydrogen-bond donors (Lipinski definition) is 0. The molecule has 1 aromatic carbocycles. The molecule has 0 amide bonds. The summed E-state index contributed by atoms with van der Waals surface area (Å²) in [6.07, 6.45) is 1.57. The number of benzene rings is 1. The van der Waals surface area contributed by atoms with E-state index in [4.69, 9.17) is 9.47 Å². The lowest BCUT2D eigenvalue weighted by atomic mass is 10.2. The topological polar surface area (TPSA) is 53.4 Å². The van der Waals surface area contributed by atoms with Crippen molar-refractivity contribution in [3.8, 4) is 0 Å². The van der Waals surface area contributed by atoms with Crippen LogP contribution in [0.4, 0.5) is 0 Å². The monoisotopic (exact) mass is 374 g/mol. The highest BCUT2D eigenvalue weighted by Gasteiger charge is 2.04. The largest absolute Gasteiger partial charge is 0.382 e. The first-order valence-corrected chi connectivity index (χ1v) is 7.01. The zero-order chi connectivity index (χ0) is 13.7. The molecule has 5 nitrogen and oxygen atoms in total. The molecule has 102 valence electrons. The Morgan fingerprint density at radius 3 is 2.95 bits per heavy atom. The van der Waals surface area contributed by atoms with Crippen molar-refractivity contribution in [2.24, 2.45) is 0 Å². The molecule has 0 aliphatic heterocycles. The number of fused-ring (bicyclic) bond motifs is 1. The molecular weight excluding hydrogens is 359 g/mol. The van der Waals surface area contributed by atoms with Gasteiger partial charge in [-0.25, -0.2) is 4.98 Å². The fourth-order valence-electron chi connectivity index (χ4n) is 1.70. The average molecular weight is 374 g/mol. The summed E-state index contributed by atoms with van der Waals surface area (Å²) >= 11 is 2.19. The van der Waals surface area contributed by atoms with E-state index in [1.807, 2.05) is 18.2 Å². The standard InChI is InChI=1S/C13H15IN2O3/c1-18-6-7-19-5-4-16-9-15-12-3-2-10(14)8-11(12)13(16)17/h2-3,8-9H,4-7H2,1H3. The number of ether oxygens (including phenoxy) is 2. The Morgan fingerprint density at radius 2 is 2.16 bits per heavy atom. The van der Waals surface area contributed by atoms with Crippen LogP contribution in [0.5, 0.6) is 0 Å². The number of rotatable bonds is 6. The van der Waals surface area contributed by atoms with Crippen LogP contribution in [0.15, 0.2) is 29.3 Å². The van der Waals surface area contributed by atoms with Gasteiger partial charge in [0.2, 0.25) is 0 Å². The second-order valence-electron chi connectivity index (χ2n) is 4.01. The third kappa shape index (κ3) is 3.74. The van der Waals surface area contributed by atoms with Gasteiger partial charge in [-0.05, 0) is 40.8 Å². The van der Waals surface area contributed by atoms with E-state index < -0.39 is 0 Å². The first-order chi connectivity index (χ1) is 9.22. The van der Waals surface area contributed by atoms with Gasteiger partial charge < -0.3 is 9.47 Å². The molecule has 0 unspecified atom stereocenters. The second-order valence-corrected chi connectivity index (χ2v) is 5.26. The summed E-state index contributed by atoms with van der Waals surface area (Å²) in [5.41, 5.74) is 0.695. The van der Waals surface area contributed by atoms with Gasteiger partial charge in [-0.1, -0.05) is 0 Å².